The maximum Gasteiger partial charge on any atom is 0.252 e. The van der Waals surface area contributed by atoms with E-state index in [4.69, 9.17) is 11.5 Å². The topological polar surface area (TPSA) is 112 Å². The molecule has 93 valence electrons. The molecule has 0 bridgehead atoms. The van der Waals surface area contributed by atoms with E-state index in [1.165, 1.54) is 4.52 Å². The molecule has 0 aliphatic carbocycles. The molecule has 0 spiro atoms. The Morgan fingerprint density at radius 3 is 2.84 bits per heavy atom. The van der Waals surface area contributed by atoms with Crippen LogP contribution < -0.4 is 11.5 Å². The van der Waals surface area contributed by atoms with E-state index >= 15 is 0 Å². The van der Waals surface area contributed by atoms with Gasteiger partial charge in [-0.2, -0.15) is 0 Å². The van der Waals surface area contributed by atoms with Gasteiger partial charge in [-0.25, -0.2) is 14.5 Å². The standard InChI is InChI=1S/C12H9N6O/c13-10-2-1-7(4-15-10)8-3-9(11(14)19)12-16-6-17-18(12)5-8/h1-5H,(H2,13,15)(H2,14,19). The normalized spacial score (nSPS) is 10.7. The zero-order chi connectivity index (χ0) is 13.4. The second-order valence-corrected chi connectivity index (χ2v) is 3.96. The van der Waals surface area contributed by atoms with Crippen molar-refractivity contribution in [2.75, 3.05) is 5.73 Å². The van der Waals surface area contributed by atoms with Crippen LogP contribution in [0.3, 0.4) is 0 Å². The zero-order valence-corrected chi connectivity index (χ0v) is 9.74. The summed E-state index contributed by atoms with van der Waals surface area (Å²) >= 11 is 0. The summed E-state index contributed by atoms with van der Waals surface area (Å²) in [5.41, 5.74) is 13.1. The lowest BCUT2D eigenvalue weighted by atomic mass is 10.1. The Hall–Kier alpha value is -2.96. The van der Waals surface area contributed by atoms with E-state index in [0.717, 1.165) is 11.1 Å². The monoisotopic (exact) mass is 253 g/mol. The summed E-state index contributed by atoms with van der Waals surface area (Å²) in [6.07, 6.45) is 5.77. The Kier molecular flexibility index (Phi) is 2.38. The first-order valence-corrected chi connectivity index (χ1v) is 5.43. The fraction of sp³-hybridized carbons (Fsp3) is 0. The Balaban J connectivity index is 2.24. The number of amides is 1. The first-order chi connectivity index (χ1) is 9.15. The average molecular weight is 253 g/mol. The predicted molar refractivity (Wildman–Crippen MR) is 68.0 cm³/mol. The predicted octanol–water partition coefficient (Wildman–Crippen LogP) is 0.273. The summed E-state index contributed by atoms with van der Waals surface area (Å²) in [6, 6.07) is 5.12. The van der Waals surface area contributed by atoms with Crippen molar-refractivity contribution in [1.82, 2.24) is 19.6 Å². The van der Waals surface area contributed by atoms with Crippen molar-refractivity contribution < 1.29 is 4.79 Å². The van der Waals surface area contributed by atoms with Crippen molar-refractivity contribution in [3.63, 3.8) is 0 Å². The van der Waals surface area contributed by atoms with Crippen LogP contribution in [-0.4, -0.2) is 25.5 Å². The highest BCUT2D eigenvalue weighted by Crippen LogP contribution is 2.21. The van der Waals surface area contributed by atoms with E-state index in [0.29, 0.717) is 11.5 Å². The van der Waals surface area contributed by atoms with E-state index in [2.05, 4.69) is 21.4 Å². The number of fused-ring (bicyclic) bond motifs is 1. The first-order valence-electron chi connectivity index (χ1n) is 5.43. The van der Waals surface area contributed by atoms with Crippen molar-refractivity contribution >= 4 is 17.4 Å². The quantitative estimate of drug-likeness (QED) is 0.680. The molecule has 0 aliphatic rings. The third-order valence-electron chi connectivity index (χ3n) is 2.71. The van der Waals surface area contributed by atoms with Crippen LogP contribution in [0, 0.1) is 6.33 Å². The molecule has 19 heavy (non-hydrogen) atoms. The molecule has 0 aromatic carbocycles. The summed E-state index contributed by atoms with van der Waals surface area (Å²) in [5.74, 6) is -0.148. The molecule has 0 aliphatic heterocycles. The van der Waals surface area contributed by atoms with Gasteiger partial charge < -0.3 is 11.5 Å². The van der Waals surface area contributed by atoms with Crippen LogP contribution in [-0.2, 0) is 0 Å². The summed E-state index contributed by atoms with van der Waals surface area (Å²) in [5, 5.41) is 3.89. The molecule has 0 unspecified atom stereocenters. The molecule has 1 radical (unpaired) electrons. The summed E-state index contributed by atoms with van der Waals surface area (Å²) in [4.78, 5) is 19.3. The van der Waals surface area contributed by atoms with E-state index in [1.807, 2.05) is 0 Å². The number of carbonyl (C=O) groups is 1. The number of aromatic nitrogens is 4. The van der Waals surface area contributed by atoms with Gasteiger partial charge in [-0.3, -0.25) is 4.79 Å². The molecule has 4 N–H and O–H groups in total. The van der Waals surface area contributed by atoms with Crippen LogP contribution in [0.5, 0.6) is 0 Å². The molecule has 3 aromatic rings. The van der Waals surface area contributed by atoms with Crippen molar-refractivity contribution in [2.24, 2.45) is 5.73 Å². The molecule has 1 amide bonds. The maximum absolute atomic E-state index is 11.4. The Morgan fingerprint density at radius 2 is 2.16 bits per heavy atom. The molecular formula is C12H9N6O. The van der Waals surface area contributed by atoms with Gasteiger partial charge in [0, 0.05) is 23.5 Å². The lowest BCUT2D eigenvalue weighted by molar-refractivity contribution is 0.100. The number of primary amides is 1. The number of carbonyl (C=O) groups excluding carboxylic acids is 1. The number of nitrogens with zero attached hydrogens (tertiary/aromatic N) is 4. The van der Waals surface area contributed by atoms with E-state index in [1.54, 1.807) is 30.6 Å². The van der Waals surface area contributed by atoms with E-state index < -0.39 is 5.91 Å². The lowest BCUT2D eigenvalue weighted by Crippen LogP contribution is -2.13. The van der Waals surface area contributed by atoms with Crippen LogP contribution >= 0.6 is 0 Å². The van der Waals surface area contributed by atoms with Crippen LogP contribution in [0.1, 0.15) is 10.4 Å². The molecule has 3 rings (SSSR count). The summed E-state index contributed by atoms with van der Waals surface area (Å²) in [6.45, 7) is 0. The molecular weight excluding hydrogens is 244 g/mol. The van der Waals surface area contributed by atoms with E-state index in [-0.39, 0.29) is 5.56 Å². The van der Waals surface area contributed by atoms with Crippen molar-refractivity contribution in [3.8, 4) is 11.1 Å². The molecule has 7 nitrogen and oxygen atoms in total. The number of rotatable bonds is 2. The van der Waals surface area contributed by atoms with Gasteiger partial charge >= 0.3 is 0 Å². The second kappa shape index (κ2) is 4.05. The van der Waals surface area contributed by atoms with Crippen molar-refractivity contribution in [3.05, 3.63) is 42.5 Å². The van der Waals surface area contributed by atoms with Crippen LogP contribution in [0.2, 0.25) is 0 Å². The highest BCUT2D eigenvalue weighted by Gasteiger charge is 2.12. The third kappa shape index (κ3) is 1.86. The second-order valence-electron chi connectivity index (χ2n) is 3.96. The molecule has 0 atom stereocenters. The van der Waals surface area contributed by atoms with Crippen LogP contribution in [0.4, 0.5) is 5.82 Å². The van der Waals surface area contributed by atoms with Gasteiger partial charge in [-0.1, -0.05) is 0 Å². The van der Waals surface area contributed by atoms with Gasteiger partial charge in [0.1, 0.15) is 5.82 Å². The molecule has 0 saturated carbocycles. The minimum atomic E-state index is -0.573. The van der Waals surface area contributed by atoms with Crippen molar-refractivity contribution in [1.29, 1.82) is 0 Å². The fourth-order valence-electron chi connectivity index (χ4n) is 1.79. The Bertz CT molecular complexity index is 761. The molecule has 0 saturated heterocycles. The van der Waals surface area contributed by atoms with Gasteiger partial charge in [-0.15, -0.1) is 5.10 Å². The van der Waals surface area contributed by atoms with Crippen LogP contribution in [0.25, 0.3) is 16.8 Å². The Labute approximate surface area is 107 Å². The summed E-state index contributed by atoms with van der Waals surface area (Å²) < 4.78 is 1.45. The minimum Gasteiger partial charge on any atom is -0.384 e. The Morgan fingerprint density at radius 1 is 1.32 bits per heavy atom. The first kappa shape index (κ1) is 11.1. The lowest BCUT2D eigenvalue weighted by Gasteiger charge is -2.05. The number of anilines is 1. The van der Waals surface area contributed by atoms with Gasteiger partial charge in [0.05, 0.1) is 5.56 Å². The highest BCUT2D eigenvalue weighted by molar-refractivity contribution is 5.99. The van der Waals surface area contributed by atoms with Gasteiger partial charge in [-0.05, 0) is 18.2 Å². The number of nitrogens with two attached hydrogens (primary N) is 2. The summed E-state index contributed by atoms with van der Waals surface area (Å²) in [7, 11) is 0. The number of hydrogen-bond acceptors (Lipinski definition) is 5. The van der Waals surface area contributed by atoms with Gasteiger partial charge in [0.25, 0.3) is 5.91 Å². The largest absolute Gasteiger partial charge is 0.384 e. The van der Waals surface area contributed by atoms with Gasteiger partial charge in [0.2, 0.25) is 6.33 Å². The number of pyridine rings is 2. The molecule has 0 fully saturated rings. The van der Waals surface area contributed by atoms with E-state index in [9.17, 15) is 4.79 Å². The van der Waals surface area contributed by atoms with Crippen LogP contribution in [0.15, 0.2) is 30.6 Å². The molecule has 7 heteroatoms. The highest BCUT2D eigenvalue weighted by atomic mass is 16.1. The number of hydrogen-bond donors (Lipinski definition) is 2. The zero-order valence-electron chi connectivity index (χ0n) is 9.74. The van der Waals surface area contributed by atoms with Gasteiger partial charge in [0.15, 0.2) is 5.65 Å². The maximum atomic E-state index is 11.4. The smallest absolute Gasteiger partial charge is 0.252 e. The minimum absolute atomic E-state index is 0.281. The number of nitrogen functional groups attached to an aromatic ring is 1. The fourth-order valence-corrected chi connectivity index (χ4v) is 1.79. The average Bonchev–Trinajstić information content (AvgIpc) is 2.86. The molecule has 3 aromatic heterocycles. The SMILES string of the molecule is NC(=O)c1cc(-c2ccc(N)nc2)cn2n[c]nc12. The molecule has 3 heterocycles. The van der Waals surface area contributed by atoms with Crippen molar-refractivity contribution in [2.45, 2.75) is 0 Å². The third-order valence-corrected chi connectivity index (χ3v) is 2.71.